The molecule has 128 valence electrons. The van der Waals surface area contributed by atoms with Crippen LogP contribution in [0.5, 0.6) is 0 Å². The molecule has 0 spiro atoms. The molecule has 1 fully saturated rings. The van der Waals surface area contributed by atoms with Gasteiger partial charge < -0.3 is 15.3 Å². The van der Waals surface area contributed by atoms with Crippen LogP contribution in [0.1, 0.15) is 44.9 Å². The molecule has 0 aliphatic carbocycles. The van der Waals surface area contributed by atoms with Gasteiger partial charge in [-0.15, -0.1) is 11.3 Å². The van der Waals surface area contributed by atoms with Gasteiger partial charge in [0.05, 0.1) is 12.5 Å². The molecule has 1 aromatic rings. The molecule has 1 aliphatic rings. The van der Waals surface area contributed by atoms with Gasteiger partial charge in [0, 0.05) is 23.9 Å². The molecule has 2 amide bonds. The first kappa shape index (κ1) is 17.9. The zero-order valence-electron chi connectivity index (χ0n) is 14.0. The van der Waals surface area contributed by atoms with Gasteiger partial charge in [-0.2, -0.15) is 0 Å². The first-order chi connectivity index (χ1) is 10.8. The lowest BCUT2D eigenvalue weighted by atomic mass is 10.0. The fourth-order valence-electron chi connectivity index (χ4n) is 2.98. The topological polar surface area (TPSA) is 69.6 Å². The van der Waals surface area contributed by atoms with Gasteiger partial charge in [-0.3, -0.25) is 9.59 Å². The van der Waals surface area contributed by atoms with E-state index in [1.807, 2.05) is 29.3 Å². The Hall–Kier alpha value is -1.40. The second-order valence-electron chi connectivity index (χ2n) is 6.55. The number of amides is 2. The molecule has 3 atom stereocenters. The minimum Gasteiger partial charge on any atom is -0.383 e. The molecule has 3 unspecified atom stereocenters. The fraction of sp³-hybridized carbons (Fsp3) is 0.647. The number of aliphatic hydroxyl groups is 1. The van der Waals surface area contributed by atoms with Crippen LogP contribution in [-0.2, 0) is 15.2 Å². The highest BCUT2D eigenvalue weighted by Gasteiger charge is 2.37. The van der Waals surface area contributed by atoms with E-state index in [1.54, 1.807) is 6.92 Å². The first-order valence-electron chi connectivity index (χ1n) is 8.18. The van der Waals surface area contributed by atoms with Crippen LogP contribution in [0.3, 0.4) is 0 Å². The average molecular weight is 338 g/mol. The van der Waals surface area contributed by atoms with Crippen LogP contribution in [-0.4, -0.2) is 41.0 Å². The average Bonchev–Trinajstić information content (AvgIpc) is 3.14. The predicted octanol–water partition coefficient (Wildman–Crippen LogP) is 2.11. The summed E-state index contributed by atoms with van der Waals surface area (Å²) in [5, 5.41) is 15.1. The van der Waals surface area contributed by atoms with E-state index in [9.17, 15) is 14.7 Å². The fourth-order valence-corrected chi connectivity index (χ4v) is 3.77. The van der Waals surface area contributed by atoms with Crippen molar-refractivity contribution in [3.63, 3.8) is 0 Å². The molecule has 0 aromatic carbocycles. The summed E-state index contributed by atoms with van der Waals surface area (Å²) < 4.78 is 0. The van der Waals surface area contributed by atoms with Gasteiger partial charge in [0.25, 0.3) is 0 Å². The summed E-state index contributed by atoms with van der Waals surface area (Å²) >= 11 is 1.46. The van der Waals surface area contributed by atoms with E-state index in [4.69, 9.17) is 0 Å². The van der Waals surface area contributed by atoms with Gasteiger partial charge in [0.2, 0.25) is 11.8 Å². The Morgan fingerprint density at radius 3 is 2.96 bits per heavy atom. The molecule has 1 aliphatic heterocycles. The van der Waals surface area contributed by atoms with Crippen molar-refractivity contribution in [3.8, 4) is 0 Å². The Labute approximate surface area is 141 Å². The van der Waals surface area contributed by atoms with Crippen molar-refractivity contribution in [2.24, 2.45) is 5.92 Å². The van der Waals surface area contributed by atoms with E-state index in [0.717, 1.165) is 17.7 Å². The summed E-state index contributed by atoms with van der Waals surface area (Å²) in [6.45, 7) is 6.44. The van der Waals surface area contributed by atoms with Crippen molar-refractivity contribution < 1.29 is 14.7 Å². The van der Waals surface area contributed by atoms with Gasteiger partial charge >= 0.3 is 0 Å². The van der Waals surface area contributed by atoms with E-state index in [1.165, 1.54) is 11.3 Å². The second-order valence-corrected chi connectivity index (χ2v) is 7.50. The largest absolute Gasteiger partial charge is 0.383 e. The monoisotopic (exact) mass is 338 g/mol. The number of nitrogens with zero attached hydrogens (tertiary/aromatic N) is 1. The van der Waals surface area contributed by atoms with Crippen molar-refractivity contribution in [3.05, 3.63) is 22.4 Å². The third-order valence-corrected chi connectivity index (χ3v) is 5.55. The summed E-state index contributed by atoms with van der Waals surface area (Å²) in [7, 11) is 0. The summed E-state index contributed by atoms with van der Waals surface area (Å²) in [5.41, 5.74) is -1.08. The SMILES string of the molecule is CCCC(C)N1CC(C(=O)NCC(C)(O)c2cccs2)CC1=O. The van der Waals surface area contributed by atoms with Gasteiger partial charge in [0.15, 0.2) is 0 Å². The van der Waals surface area contributed by atoms with Crippen molar-refractivity contribution in [1.29, 1.82) is 0 Å². The number of likely N-dealkylation sites (tertiary alicyclic amines) is 1. The van der Waals surface area contributed by atoms with Crippen LogP contribution in [0.2, 0.25) is 0 Å². The van der Waals surface area contributed by atoms with Crippen molar-refractivity contribution in [2.75, 3.05) is 13.1 Å². The molecule has 23 heavy (non-hydrogen) atoms. The van der Waals surface area contributed by atoms with E-state index in [0.29, 0.717) is 6.54 Å². The van der Waals surface area contributed by atoms with Crippen molar-refractivity contribution in [1.82, 2.24) is 10.2 Å². The van der Waals surface area contributed by atoms with Gasteiger partial charge in [-0.1, -0.05) is 19.4 Å². The Morgan fingerprint density at radius 1 is 1.61 bits per heavy atom. The maximum Gasteiger partial charge on any atom is 0.225 e. The lowest BCUT2D eigenvalue weighted by Crippen LogP contribution is -2.42. The summed E-state index contributed by atoms with van der Waals surface area (Å²) in [6, 6.07) is 3.91. The number of nitrogens with one attached hydrogen (secondary N) is 1. The molecule has 1 aromatic heterocycles. The summed E-state index contributed by atoms with van der Waals surface area (Å²) in [6.07, 6.45) is 2.24. The number of hydrogen-bond acceptors (Lipinski definition) is 4. The second kappa shape index (κ2) is 7.45. The minimum absolute atomic E-state index is 0.0520. The van der Waals surface area contributed by atoms with Crippen LogP contribution >= 0.6 is 11.3 Å². The Kier molecular flexibility index (Phi) is 5.81. The van der Waals surface area contributed by atoms with Crippen LogP contribution in [0.25, 0.3) is 0 Å². The zero-order chi connectivity index (χ0) is 17.0. The molecule has 0 bridgehead atoms. The molecule has 6 heteroatoms. The van der Waals surface area contributed by atoms with E-state index < -0.39 is 5.60 Å². The smallest absolute Gasteiger partial charge is 0.225 e. The first-order valence-corrected chi connectivity index (χ1v) is 9.06. The van der Waals surface area contributed by atoms with Crippen LogP contribution in [0.15, 0.2) is 17.5 Å². The van der Waals surface area contributed by atoms with E-state index in [2.05, 4.69) is 12.2 Å². The van der Waals surface area contributed by atoms with Gasteiger partial charge in [0.1, 0.15) is 5.60 Å². The molecule has 0 saturated carbocycles. The predicted molar refractivity (Wildman–Crippen MR) is 91.1 cm³/mol. The van der Waals surface area contributed by atoms with Crippen molar-refractivity contribution in [2.45, 2.75) is 51.7 Å². The Bertz CT molecular complexity index is 542. The van der Waals surface area contributed by atoms with Crippen LogP contribution in [0.4, 0.5) is 0 Å². The number of carbonyl (C=O) groups is 2. The molecule has 2 heterocycles. The van der Waals surface area contributed by atoms with E-state index in [-0.39, 0.29) is 36.7 Å². The van der Waals surface area contributed by atoms with Gasteiger partial charge in [-0.25, -0.2) is 0 Å². The highest BCUT2D eigenvalue weighted by molar-refractivity contribution is 7.10. The molecule has 2 rings (SSSR count). The summed E-state index contributed by atoms with van der Waals surface area (Å²) in [4.78, 5) is 27.1. The number of carbonyl (C=O) groups excluding carboxylic acids is 2. The zero-order valence-corrected chi connectivity index (χ0v) is 14.9. The van der Waals surface area contributed by atoms with E-state index >= 15 is 0 Å². The number of rotatable bonds is 7. The standard InChI is InChI=1S/C17H26N2O3S/c1-4-6-12(2)19-10-13(9-15(19)20)16(21)18-11-17(3,22)14-7-5-8-23-14/h5,7-8,12-13,22H,4,6,9-11H2,1-3H3,(H,18,21). The maximum atomic E-state index is 12.3. The Balaban J connectivity index is 1.88. The van der Waals surface area contributed by atoms with Crippen LogP contribution < -0.4 is 5.32 Å². The molecular formula is C17H26N2O3S. The quantitative estimate of drug-likeness (QED) is 0.800. The lowest BCUT2D eigenvalue weighted by molar-refractivity contribution is -0.130. The lowest BCUT2D eigenvalue weighted by Gasteiger charge is -2.25. The molecule has 5 nitrogen and oxygen atoms in total. The number of hydrogen-bond donors (Lipinski definition) is 2. The molecule has 2 N–H and O–H groups in total. The van der Waals surface area contributed by atoms with Gasteiger partial charge in [-0.05, 0) is 31.7 Å². The summed E-state index contributed by atoms with van der Waals surface area (Å²) in [5.74, 6) is -0.418. The van der Waals surface area contributed by atoms with Crippen LogP contribution in [0, 0.1) is 5.92 Å². The molecular weight excluding hydrogens is 312 g/mol. The Morgan fingerprint density at radius 2 is 2.35 bits per heavy atom. The number of thiophene rings is 1. The van der Waals surface area contributed by atoms with Crippen molar-refractivity contribution >= 4 is 23.2 Å². The highest BCUT2D eigenvalue weighted by Crippen LogP contribution is 2.25. The molecule has 1 saturated heterocycles. The maximum absolute atomic E-state index is 12.3. The third kappa shape index (κ3) is 4.32. The molecule has 0 radical (unpaired) electrons. The third-order valence-electron chi connectivity index (χ3n) is 4.43. The minimum atomic E-state index is -1.08. The normalized spacial score (nSPS) is 22.0. The highest BCUT2D eigenvalue weighted by atomic mass is 32.1.